The molecule has 35 heavy (non-hydrogen) atoms. The molecule has 10 heteroatoms. The molecule has 0 saturated heterocycles. The van der Waals surface area contributed by atoms with Crippen LogP contribution in [0.4, 0.5) is 20.2 Å². The Bertz CT molecular complexity index is 1250. The summed E-state index contributed by atoms with van der Waals surface area (Å²) in [6.07, 6.45) is 1.72. The van der Waals surface area contributed by atoms with Crippen molar-refractivity contribution in [3.63, 3.8) is 0 Å². The fraction of sp³-hybridized carbons (Fsp3) is 0.240. The standard InChI is InChI=1S/C25H24F2N4O3S/c1-15-16(2)33-22(28-15)14-35-25-29-21(13-17-5-7-18(8-6-17)30(3)4)23(32)31(25)19-9-11-20(12-10-19)34-24(26)27/h5-13,24H,14H2,1-4H3/b21-13+. The number of amides is 1. The average Bonchev–Trinajstić information content (AvgIpc) is 3.30. The first-order chi connectivity index (χ1) is 16.7. The Kier molecular flexibility index (Phi) is 7.20. The Labute approximate surface area is 206 Å². The minimum Gasteiger partial charge on any atom is -0.445 e. The van der Waals surface area contributed by atoms with Crippen LogP contribution in [-0.4, -0.2) is 36.8 Å². The molecule has 2 heterocycles. The largest absolute Gasteiger partial charge is 0.445 e. The van der Waals surface area contributed by atoms with E-state index in [1.807, 2.05) is 57.1 Å². The van der Waals surface area contributed by atoms with Gasteiger partial charge in [-0.2, -0.15) is 8.78 Å². The summed E-state index contributed by atoms with van der Waals surface area (Å²) in [6.45, 7) is 0.773. The number of ether oxygens (including phenoxy) is 1. The van der Waals surface area contributed by atoms with Crippen LogP contribution in [0, 0.1) is 13.8 Å². The minimum atomic E-state index is -2.93. The molecule has 1 aromatic heterocycles. The van der Waals surface area contributed by atoms with Crippen molar-refractivity contribution in [1.29, 1.82) is 0 Å². The molecule has 0 radical (unpaired) electrons. The molecule has 0 unspecified atom stereocenters. The van der Waals surface area contributed by atoms with Gasteiger partial charge >= 0.3 is 6.61 Å². The van der Waals surface area contributed by atoms with Crippen molar-refractivity contribution in [3.8, 4) is 5.75 Å². The van der Waals surface area contributed by atoms with Gasteiger partial charge in [0.1, 0.15) is 17.2 Å². The number of rotatable bonds is 7. The van der Waals surface area contributed by atoms with Gasteiger partial charge in [0.25, 0.3) is 5.91 Å². The molecule has 0 spiro atoms. The summed E-state index contributed by atoms with van der Waals surface area (Å²) in [5, 5.41) is 0.433. The first kappa shape index (κ1) is 24.5. The number of aryl methyl sites for hydroxylation is 2. The van der Waals surface area contributed by atoms with Crippen LogP contribution in [0.1, 0.15) is 22.9 Å². The van der Waals surface area contributed by atoms with Crippen molar-refractivity contribution in [3.05, 3.63) is 77.1 Å². The van der Waals surface area contributed by atoms with Crippen LogP contribution in [0.25, 0.3) is 6.08 Å². The number of alkyl halides is 2. The number of aromatic nitrogens is 1. The van der Waals surface area contributed by atoms with Crippen molar-refractivity contribution in [2.75, 3.05) is 23.9 Å². The SMILES string of the molecule is Cc1nc(CSC2=N/C(=C/c3ccc(N(C)C)cc3)C(=O)N2c2ccc(OC(F)F)cc2)oc1C. The van der Waals surface area contributed by atoms with Crippen LogP contribution >= 0.6 is 11.8 Å². The Morgan fingerprint density at radius 1 is 1.11 bits per heavy atom. The smallest absolute Gasteiger partial charge is 0.387 e. The monoisotopic (exact) mass is 498 g/mol. The zero-order chi connectivity index (χ0) is 25.1. The number of hydrogen-bond donors (Lipinski definition) is 0. The maximum absolute atomic E-state index is 13.4. The van der Waals surface area contributed by atoms with Crippen LogP contribution in [0.5, 0.6) is 5.75 Å². The molecular formula is C25H24F2N4O3S. The molecule has 0 fully saturated rings. The topological polar surface area (TPSA) is 71.2 Å². The van der Waals surface area contributed by atoms with Crippen LogP contribution in [0.2, 0.25) is 0 Å². The van der Waals surface area contributed by atoms with Crippen LogP contribution < -0.4 is 14.5 Å². The third-order valence-electron chi connectivity index (χ3n) is 5.26. The maximum atomic E-state index is 13.4. The van der Waals surface area contributed by atoms with E-state index >= 15 is 0 Å². The van der Waals surface area contributed by atoms with Crippen LogP contribution in [-0.2, 0) is 10.5 Å². The molecule has 3 aromatic rings. The number of carbonyl (C=O) groups excluding carboxylic acids is 1. The van der Waals surface area contributed by atoms with Crippen LogP contribution in [0.3, 0.4) is 0 Å². The van der Waals surface area contributed by atoms with Gasteiger partial charge in [0, 0.05) is 19.8 Å². The van der Waals surface area contributed by atoms with Crippen molar-refractivity contribution >= 4 is 40.3 Å². The Balaban J connectivity index is 1.63. The summed E-state index contributed by atoms with van der Waals surface area (Å²) in [5.74, 6) is 1.31. The second-order valence-corrected chi connectivity index (χ2v) is 8.90. The van der Waals surface area contributed by atoms with Crippen molar-refractivity contribution in [2.45, 2.75) is 26.2 Å². The number of oxazole rings is 1. The second-order valence-electron chi connectivity index (χ2n) is 7.96. The third kappa shape index (κ3) is 5.71. The van der Waals surface area contributed by atoms with Crippen LogP contribution in [0.15, 0.2) is 63.6 Å². The average molecular weight is 499 g/mol. The predicted molar refractivity (Wildman–Crippen MR) is 134 cm³/mol. The summed E-state index contributed by atoms with van der Waals surface area (Å²) in [5.41, 5.74) is 3.41. The molecule has 0 bridgehead atoms. The van der Waals surface area contributed by atoms with Crippen molar-refractivity contribution in [2.24, 2.45) is 4.99 Å². The first-order valence-electron chi connectivity index (χ1n) is 10.7. The predicted octanol–water partition coefficient (Wildman–Crippen LogP) is 5.64. The fourth-order valence-corrected chi connectivity index (χ4v) is 4.21. The molecule has 7 nitrogen and oxygen atoms in total. The zero-order valence-electron chi connectivity index (χ0n) is 19.7. The van der Waals surface area contributed by atoms with Gasteiger partial charge in [-0.3, -0.25) is 9.69 Å². The number of thioether (sulfide) groups is 1. The minimum absolute atomic E-state index is 0.00372. The van der Waals surface area contributed by atoms with Crippen molar-refractivity contribution in [1.82, 2.24) is 4.98 Å². The normalized spacial score (nSPS) is 14.7. The summed E-state index contributed by atoms with van der Waals surface area (Å²) in [7, 11) is 3.91. The number of hydrogen-bond acceptors (Lipinski definition) is 7. The molecule has 0 atom stereocenters. The Morgan fingerprint density at radius 3 is 2.37 bits per heavy atom. The summed E-state index contributed by atoms with van der Waals surface area (Å²) in [4.78, 5) is 25.8. The van der Waals surface area contributed by atoms with Gasteiger partial charge in [-0.05, 0) is 61.9 Å². The highest BCUT2D eigenvalue weighted by molar-refractivity contribution is 8.13. The molecular weight excluding hydrogens is 474 g/mol. The van der Waals surface area contributed by atoms with Gasteiger partial charge in [-0.15, -0.1) is 0 Å². The number of aliphatic imine (C=N–C) groups is 1. The summed E-state index contributed by atoms with van der Waals surface area (Å²) in [6, 6.07) is 13.6. The Morgan fingerprint density at radius 2 is 1.80 bits per heavy atom. The fourth-order valence-electron chi connectivity index (χ4n) is 3.35. The van der Waals surface area contributed by atoms with Crippen molar-refractivity contribution < 1.29 is 22.7 Å². The van der Waals surface area contributed by atoms with E-state index in [-0.39, 0.29) is 17.4 Å². The number of nitrogens with zero attached hydrogens (tertiary/aromatic N) is 4. The first-order valence-corrected chi connectivity index (χ1v) is 11.7. The van der Waals surface area contributed by atoms with Gasteiger partial charge in [-0.25, -0.2) is 9.98 Å². The lowest BCUT2D eigenvalue weighted by molar-refractivity contribution is -0.113. The maximum Gasteiger partial charge on any atom is 0.387 e. The van der Waals surface area contributed by atoms with Gasteiger partial charge in [0.15, 0.2) is 5.17 Å². The summed E-state index contributed by atoms with van der Waals surface area (Å²) >= 11 is 1.30. The lowest BCUT2D eigenvalue weighted by atomic mass is 10.1. The Hall–Kier alpha value is -3.66. The molecule has 0 N–H and O–H groups in total. The van der Waals surface area contributed by atoms with Gasteiger partial charge in [0.2, 0.25) is 5.89 Å². The molecule has 182 valence electrons. The highest BCUT2D eigenvalue weighted by atomic mass is 32.2. The molecule has 1 aliphatic heterocycles. The van der Waals surface area contributed by atoms with E-state index in [1.54, 1.807) is 18.2 Å². The quantitative estimate of drug-likeness (QED) is 0.393. The summed E-state index contributed by atoms with van der Waals surface area (Å²) < 4.78 is 35.1. The molecule has 2 aromatic carbocycles. The second kappa shape index (κ2) is 10.3. The number of halogens is 2. The highest BCUT2D eigenvalue weighted by Crippen LogP contribution is 2.32. The van der Waals surface area contributed by atoms with Gasteiger partial charge < -0.3 is 14.1 Å². The number of carbonyl (C=O) groups is 1. The molecule has 1 aliphatic rings. The zero-order valence-corrected chi connectivity index (χ0v) is 20.5. The van der Waals surface area contributed by atoms with Gasteiger partial charge in [-0.1, -0.05) is 23.9 Å². The third-order valence-corrected chi connectivity index (χ3v) is 6.18. The highest BCUT2D eigenvalue weighted by Gasteiger charge is 2.32. The number of amidine groups is 1. The lowest BCUT2D eigenvalue weighted by Crippen LogP contribution is -2.30. The van der Waals surface area contributed by atoms with E-state index in [2.05, 4.69) is 14.7 Å². The van der Waals surface area contributed by atoms with E-state index in [1.165, 1.54) is 28.8 Å². The van der Waals surface area contributed by atoms with E-state index in [0.717, 1.165) is 22.7 Å². The molecule has 0 saturated carbocycles. The number of benzene rings is 2. The lowest BCUT2D eigenvalue weighted by Gasteiger charge is -2.18. The van der Waals surface area contributed by atoms with E-state index in [0.29, 0.717) is 22.5 Å². The molecule has 0 aliphatic carbocycles. The van der Waals surface area contributed by atoms with E-state index in [4.69, 9.17) is 4.42 Å². The number of anilines is 2. The molecule has 1 amide bonds. The molecule has 4 rings (SSSR count). The van der Waals surface area contributed by atoms with E-state index in [9.17, 15) is 13.6 Å². The van der Waals surface area contributed by atoms with Gasteiger partial charge in [0.05, 0.1) is 17.1 Å². The van der Waals surface area contributed by atoms with E-state index < -0.39 is 6.61 Å².